The lowest BCUT2D eigenvalue weighted by molar-refractivity contribution is 0.0468. The summed E-state index contributed by atoms with van der Waals surface area (Å²) in [4.78, 5) is 42.6. The Balaban J connectivity index is 2.20. The fourth-order valence-corrected chi connectivity index (χ4v) is 3.08. The number of hydrogen-bond donors (Lipinski definition) is 2. The number of H-pyrrole nitrogens is 1. The van der Waals surface area contributed by atoms with Crippen LogP contribution in [-0.2, 0) is 4.74 Å². The van der Waals surface area contributed by atoms with Gasteiger partial charge in [-0.1, -0.05) is 34.8 Å². The van der Waals surface area contributed by atoms with Crippen molar-refractivity contribution >= 4 is 58.0 Å². The van der Waals surface area contributed by atoms with Crippen molar-refractivity contribution in [2.45, 2.75) is 20.8 Å². The van der Waals surface area contributed by atoms with E-state index in [1.165, 1.54) is 6.92 Å². The van der Waals surface area contributed by atoms with Crippen molar-refractivity contribution in [1.82, 2.24) is 9.97 Å². The van der Waals surface area contributed by atoms with Crippen LogP contribution in [0.3, 0.4) is 0 Å². The fourth-order valence-electron chi connectivity index (χ4n) is 2.50. The molecule has 0 aliphatic carbocycles. The molecule has 2 rings (SSSR count). The number of Topliss-reactive ketones (excluding diaryl/α,β-unsaturated/α-hetero) is 2. The topological polar surface area (TPSA) is 115 Å². The maximum atomic E-state index is 12.3. The van der Waals surface area contributed by atoms with E-state index in [9.17, 15) is 14.4 Å². The summed E-state index contributed by atoms with van der Waals surface area (Å²) < 4.78 is 4.94. The predicted molar refractivity (Wildman–Crippen MR) is 98.6 cm³/mol. The molecule has 0 saturated carbocycles. The molecule has 0 saturated heterocycles. The molecule has 0 atom stereocenters. The van der Waals surface area contributed by atoms with Gasteiger partial charge >= 0.3 is 5.97 Å². The summed E-state index contributed by atoms with van der Waals surface area (Å²) in [6.45, 7) is 4.12. The SMILES string of the molecule is CC(=O)c1c(C)[nH]c(C(=O)COC(=O)c2nc(Cl)c(Cl)c(N)c2Cl)c1C. The van der Waals surface area contributed by atoms with E-state index in [1.807, 2.05) is 0 Å². The number of hydrogen-bond acceptors (Lipinski definition) is 6. The first kappa shape index (κ1) is 20.2. The van der Waals surface area contributed by atoms with E-state index in [4.69, 9.17) is 45.3 Å². The van der Waals surface area contributed by atoms with Crippen molar-refractivity contribution in [3.05, 3.63) is 43.4 Å². The van der Waals surface area contributed by atoms with Crippen molar-refractivity contribution in [1.29, 1.82) is 0 Å². The summed E-state index contributed by atoms with van der Waals surface area (Å²) in [5, 5.41) is -0.519. The van der Waals surface area contributed by atoms with Crippen LogP contribution in [0, 0.1) is 13.8 Å². The number of aromatic nitrogens is 2. The number of halogens is 3. The highest BCUT2D eigenvalue weighted by atomic mass is 35.5. The molecule has 0 fully saturated rings. The lowest BCUT2D eigenvalue weighted by Crippen LogP contribution is -2.17. The van der Waals surface area contributed by atoms with E-state index in [0.717, 1.165) is 0 Å². The molecule has 2 heterocycles. The van der Waals surface area contributed by atoms with Gasteiger partial charge < -0.3 is 15.5 Å². The third kappa shape index (κ3) is 3.70. The molecule has 138 valence electrons. The minimum Gasteiger partial charge on any atom is -0.452 e. The van der Waals surface area contributed by atoms with Gasteiger partial charge in [-0.05, 0) is 26.3 Å². The second-order valence-corrected chi connectivity index (χ2v) is 6.59. The van der Waals surface area contributed by atoms with Crippen LogP contribution in [0.2, 0.25) is 15.2 Å². The number of ether oxygens (including phenoxy) is 1. The van der Waals surface area contributed by atoms with Crippen LogP contribution >= 0.6 is 34.8 Å². The van der Waals surface area contributed by atoms with Gasteiger partial charge in [-0.15, -0.1) is 0 Å². The maximum absolute atomic E-state index is 12.3. The largest absolute Gasteiger partial charge is 0.452 e. The number of pyridine rings is 1. The monoisotopic (exact) mass is 417 g/mol. The highest BCUT2D eigenvalue weighted by Crippen LogP contribution is 2.34. The zero-order chi connectivity index (χ0) is 19.8. The van der Waals surface area contributed by atoms with Crippen LogP contribution < -0.4 is 5.73 Å². The Labute approximate surface area is 163 Å². The molecule has 0 aromatic carbocycles. The predicted octanol–water partition coefficient (Wildman–Crippen LogP) is 3.81. The molecule has 0 unspecified atom stereocenters. The van der Waals surface area contributed by atoms with Crippen LogP contribution in [0.5, 0.6) is 0 Å². The number of nitrogens with one attached hydrogen (secondary N) is 1. The summed E-state index contributed by atoms with van der Waals surface area (Å²) in [7, 11) is 0. The quantitative estimate of drug-likeness (QED) is 0.433. The van der Waals surface area contributed by atoms with Crippen molar-refractivity contribution in [2.24, 2.45) is 0 Å². The third-order valence-electron chi connectivity index (χ3n) is 3.67. The number of aromatic amines is 1. The summed E-state index contributed by atoms with van der Waals surface area (Å²) in [6.07, 6.45) is 0. The molecule has 0 aliphatic rings. The van der Waals surface area contributed by atoms with E-state index >= 15 is 0 Å². The maximum Gasteiger partial charge on any atom is 0.359 e. The Kier molecular flexibility index (Phi) is 5.95. The Morgan fingerprint density at radius 3 is 2.31 bits per heavy atom. The van der Waals surface area contributed by atoms with E-state index in [0.29, 0.717) is 16.8 Å². The second-order valence-electron chi connectivity index (χ2n) is 5.47. The standard InChI is InChI=1S/C16H14Cl3N3O4/c1-5-9(7(3)23)6(2)21-13(5)8(24)4-26-16(25)14-10(17)12(20)11(18)15(19)22-14/h21H,4H2,1-3H3,(H2,20,22). The molecule has 0 radical (unpaired) electrons. The molecule has 2 aromatic rings. The van der Waals surface area contributed by atoms with Crippen LogP contribution in [0.1, 0.15) is 49.5 Å². The molecule has 0 bridgehead atoms. The van der Waals surface area contributed by atoms with Gasteiger partial charge in [-0.2, -0.15) is 0 Å². The van der Waals surface area contributed by atoms with Crippen LogP contribution in [0.4, 0.5) is 5.69 Å². The average molecular weight is 419 g/mol. The van der Waals surface area contributed by atoms with Gasteiger partial charge in [-0.3, -0.25) is 9.59 Å². The number of aryl methyl sites for hydroxylation is 1. The summed E-state index contributed by atoms with van der Waals surface area (Å²) in [5.41, 5.74) is 6.84. The number of esters is 1. The molecular formula is C16H14Cl3N3O4. The van der Waals surface area contributed by atoms with E-state index in [1.54, 1.807) is 13.8 Å². The van der Waals surface area contributed by atoms with Crippen LogP contribution in [-0.4, -0.2) is 34.1 Å². The number of rotatable bonds is 5. The minimum atomic E-state index is -0.985. The number of nitrogens with zero attached hydrogens (tertiary/aromatic N) is 1. The Morgan fingerprint density at radius 2 is 1.77 bits per heavy atom. The van der Waals surface area contributed by atoms with Gasteiger partial charge in [0.15, 0.2) is 23.2 Å². The van der Waals surface area contributed by atoms with Crippen molar-refractivity contribution in [2.75, 3.05) is 12.3 Å². The molecule has 26 heavy (non-hydrogen) atoms. The molecule has 0 amide bonds. The first-order valence-electron chi connectivity index (χ1n) is 7.26. The zero-order valence-corrected chi connectivity index (χ0v) is 16.3. The number of nitrogen functional groups attached to an aromatic ring is 1. The smallest absolute Gasteiger partial charge is 0.359 e. The molecule has 7 nitrogen and oxygen atoms in total. The number of carbonyl (C=O) groups is 3. The van der Waals surface area contributed by atoms with Gasteiger partial charge in [0.05, 0.1) is 16.4 Å². The average Bonchev–Trinajstić information content (AvgIpc) is 2.88. The normalized spacial score (nSPS) is 10.7. The van der Waals surface area contributed by atoms with Crippen LogP contribution in [0.25, 0.3) is 0 Å². The van der Waals surface area contributed by atoms with Crippen LogP contribution in [0.15, 0.2) is 0 Å². The van der Waals surface area contributed by atoms with Gasteiger partial charge in [-0.25, -0.2) is 9.78 Å². The van der Waals surface area contributed by atoms with Gasteiger partial charge in [0.1, 0.15) is 5.02 Å². The molecule has 0 aliphatic heterocycles. The minimum absolute atomic E-state index is 0.0847. The number of carbonyl (C=O) groups excluding carboxylic acids is 3. The zero-order valence-electron chi connectivity index (χ0n) is 14.0. The summed E-state index contributed by atoms with van der Waals surface area (Å²) in [6, 6.07) is 0. The van der Waals surface area contributed by atoms with Crippen molar-refractivity contribution in [3.8, 4) is 0 Å². The Bertz CT molecular complexity index is 938. The number of nitrogens with two attached hydrogens (primary N) is 1. The molecule has 3 N–H and O–H groups in total. The highest BCUT2D eigenvalue weighted by Gasteiger charge is 2.24. The molecule has 10 heteroatoms. The second kappa shape index (κ2) is 7.65. The molecule has 2 aromatic heterocycles. The Morgan fingerprint density at radius 1 is 1.15 bits per heavy atom. The molecule has 0 spiro atoms. The van der Waals surface area contributed by atoms with Gasteiger partial charge in [0, 0.05) is 11.3 Å². The third-order valence-corrected chi connectivity index (χ3v) is 4.80. The number of ketones is 2. The van der Waals surface area contributed by atoms with Gasteiger partial charge in [0.2, 0.25) is 5.78 Å². The van der Waals surface area contributed by atoms with E-state index < -0.39 is 18.4 Å². The van der Waals surface area contributed by atoms with Crippen molar-refractivity contribution < 1.29 is 19.1 Å². The van der Waals surface area contributed by atoms with Crippen molar-refractivity contribution in [3.63, 3.8) is 0 Å². The highest BCUT2D eigenvalue weighted by molar-refractivity contribution is 6.46. The summed E-state index contributed by atoms with van der Waals surface area (Å²) >= 11 is 17.5. The number of anilines is 1. The van der Waals surface area contributed by atoms with E-state index in [2.05, 4.69) is 9.97 Å². The first-order chi connectivity index (χ1) is 12.1. The Hall–Kier alpha value is -2.09. The molecular weight excluding hydrogens is 405 g/mol. The lowest BCUT2D eigenvalue weighted by atomic mass is 10.1. The lowest BCUT2D eigenvalue weighted by Gasteiger charge is -2.09. The summed E-state index contributed by atoms with van der Waals surface area (Å²) in [5.74, 6) is -1.67. The van der Waals surface area contributed by atoms with E-state index in [-0.39, 0.29) is 38.1 Å². The van der Waals surface area contributed by atoms with Gasteiger partial charge in [0.25, 0.3) is 0 Å². The fraction of sp³-hybridized carbons (Fsp3) is 0.250. The first-order valence-corrected chi connectivity index (χ1v) is 8.40.